The van der Waals surface area contributed by atoms with Crippen molar-refractivity contribution in [2.24, 2.45) is 0 Å². The van der Waals surface area contributed by atoms with Gasteiger partial charge in [0.1, 0.15) is 0 Å². The van der Waals surface area contributed by atoms with Crippen LogP contribution in [0.1, 0.15) is 0 Å². The fourth-order valence-corrected chi connectivity index (χ4v) is 4.73. The van der Waals surface area contributed by atoms with Crippen LogP contribution in [-0.2, 0) is 20.2 Å². The highest BCUT2D eigenvalue weighted by molar-refractivity contribution is 8.76. The topological polar surface area (TPSA) is 114 Å². The summed E-state index contributed by atoms with van der Waals surface area (Å²) in [5.74, 6) is -0.797. The first-order valence-electron chi connectivity index (χ1n) is 3.32. The SMILES string of the molecule is O=S(=O)([O-])CCSSCCS(=O)(=O)[O-]. The predicted molar refractivity (Wildman–Crippen MR) is 54.0 cm³/mol. The lowest BCUT2D eigenvalue weighted by molar-refractivity contribution is 0.462. The highest BCUT2D eigenvalue weighted by Crippen LogP contribution is 2.20. The summed E-state index contributed by atoms with van der Waals surface area (Å²) in [5.41, 5.74) is 0. The lowest BCUT2D eigenvalue weighted by Gasteiger charge is -2.07. The normalized spacial score (nSPS) is 13.0. The van der Waals surface area contributed by atoms with E-state index in [4.69, 9.17) is 0 Å². The maximum Gasteiger partial charge on any atom is 0.0954 e. The van der Waals surface area contributed by atoms with Crippen LogP contribution >= 0.6 is 21.6 Å². The van der Waals surface area contributed by atoms with E-state index < -0.39 is 31.7 Å². The molecule has 0 bridgehead atoms. The van der Waals surface area contributed by atoms with Crippen molar-refractivity contribution in [2.45, 2.75) is 0 Å². The Kier molecular flexibility index (Phi) is 6.41. The third-order valence-corrected chi connectivity index (χ3v) is 5.25. The lowest BCUT2D eigenvalue weighted by atomic mass is 11.0. The van der Waals surface area contributed by atoms with Crippen LogP contribution in [0, 0.1) is 0 Å². The monoisotopic (exact) mass is 280 g/mol. The third-order valence-electron chi connectivity index (χ3n) is 0.917. The molecule has 0 amide bonds. The maximum atomic E-state index is 10.1. The van der Waals surface area contributed by atoms with E-state index >= 15 is 0 Å². The van der Waals surface area contributed by atoms with Gasteiger partial charge in [-0.15, -0.1) is 0 Å². The zero-order chi connectivity index (χ0) is 11.2. The van der Waals surface area contributed by atoms with Gasteiger partial charge < -0.3 is 9.11 Å². The van der Waals surface area contributed by atoms with Gasteiger partial charge in [-0.2, -0.15) is 0 Å². The van der Waals surface area contributed by atoms with E-state index in [1.165, 1.54) is 0 Å². The third kappa shape index (κ3) is 12.5. The minimum atomic E-state index is -4.20. The van der Waals surface area contributed by atoms with Crippen molar-refractivity contribution in [1.82, 2.24) is 0 Å². The summed E-state index contributed by atoms with van der Waals surface area (Å²) < 4.78 is 60.6. The zero-order valence-electron chi connectivity index (χ0n) is 6.91. The summed E-state index contributed by atoms with van der Waals surface area (Å²) in [4.78, 5) is 0. The molecule has 0 aromatic rings. The molecule has 0 spiro atoms. The Bertz CT molecular complexity index is 306. The van der Waals surface area contributed by atoms with Crippen molar-refractivity contribution in [3.8, 4) is 0 Å². The Morgan fingerprint density at radius 3 is 1.29 bits per heavy atom. The molecule has 0 saturated heterocycles. The molecule has 0 N–H and O–H groups in total. The highest BCUT2D eigenvalue weighted by Gasteiger charge is 1.98. The average Bonchev–Trinajstić information content (AvgIpc) is 1.92. The van der Waals surface area contributed by atoms with Crippen molar-refractivity contribution in [3.05, 3.63) is 0 Å². The average molecular weight is 280 g/mol. The van der Waals surface area contributed by atoms with E-state index in [-0.39, 0.29) is 11.5 Å². The van der Waals surface area contributed by atoms with E-state index in [0.717, 1.165) is 21.6 Å². The molecule has 10 heteroatoms. The maximum absolute atomic E-state index is 10.1. The van der Waals surface area contributed by atoms with Gasteiger partial charge >= 0.3 is 0 Å². The molecule has 0 saturated carbocycles. The molecule has 6 nitrogen and oxygen atoms in total. The first-order chi connectivity index (χ1) is 6.21. The van der Waals surface area contributed by atoms with Crippen molar-refractivity contribution in [3.63, 3.8) is 0 Å². The first kappa shape index (κ1) is 14.5. The van der Waals surface area contributed by atoms with Gasteiger partial charge in [-0.05, 0) is 0 Å². The molecular weight excluding hydrogens is 272 g/mol. The molecule has 14 heavy (non-hydrogen) atoms. The van der Waals surface area contributed by atoms with E-state index in [1.807, 2.05) is 0 Å². The van der Waals surface area contributed by atoms with Crippen LogP contribution in [0.5, 0.6) is 0 Å². The van der Waals surface area contributed by atoms with E-state index in [0.29, 0.717) is 0 Å². The summed E-state index contributed by atoms with van der Waals surface area (Å²) in [6.45, 7) is 0. The Hall–Kier alpha value is 0.520. The summed E-state index contributed by atoms with van der Waals surface area (Å²) >= 11 is 0. The van der Waals surface area contributed by atoms with Gasteiger partial charge in [0.25, 0.3) is 0 Å². The Morgan fingerprint density at radius 1 is 0.786 bits per heavy atom. The van der Waals surface area contributed by atoms with Crippen molar-refractivity contribution < 1.29 is 25.9 Å². The van der Waals surface area contributed by atoms with Crippen molar-refractivity contribution >= 4 is 41.8 Å². The summed E-state index contributed by atoms with van der Waals surface area (Å²) in [7, 11) is -6.30. The molecule has 0 radical (unpaired) electrons. The predicted octanol–water partition coefficient (Wildman–Crippen LogP) is -0.542. The van der Waals surface area contributed by atoms with Gasteiger partial charge in [0.05, 0.1) is 20.2 Å². The van der Waals surface area contributed by atoms with Gasteiger partial charge in [-0.3, -0.25) is 0 Å². The van der Waals surface area contributed by atoms with Crippen LogP contribution < -0.4 is 0 Å². The Balaban J connectivity index is 3.41. The van der Waals surface area contributed by atoms with Crippen LogP contribution in [0.3, 0.4) is 0 Å². The first-order valence-corrected chi connectivity index (χ1v) is 8.96. The van der Waals surface area contributed by atoms with E-state index in [2.05, 4.69) is 0 Å². The second-order valence-electron chi connectivity index (χ2n) is 2.17. The Labute approximate surface area is 90.7 Å². The van der Waals surface area contributed by atoms with Gasteiger partial charge in [-0.25, -0.2) is 16.8 Å². The molecule has 0 aliphatic carbocycles. The fourth-order valence-electron chi connectivity index (χ4n) is 0.390. The van der Waals surface area contributed by atoms with Gasteiger partial charge in [0.15, 0.2) is 0 Å². The van der Waals surface area contributed by atoms with Crippen molar-refractivity contribution in [2.75, 3.05) is 23.0 Å². The van der Waals surface area contributed by atoms with Gasteiger partial charge in [0, 0.05) is 23.0 Å². The quantitative estimate of drug-likeness (QED) is 0.347. The van der Waals surface area contributed by atoms with Crippen LogP contribution in [0.25, 0.3) is 0 Å². The van der Waals surface area contributed by atoms with E-state index in [1.54, 1.807) is 0 Å². The zero-order valence-corrected chi connectivity index (χ0v) is 10.2. The van der Waals surface area contributed by atoms with Crippen molar-refractivity contribution in [1.29, 1.82) is 0 Å². The molecule has 0 aliphatic heterocycles. The van der Waals surface area contributed by atoms with Crippen LogP contribution in [0.2, 0.25) is 0 Å². The summed E-state index contributed by atoms with van der Waals surface area (Å²) in [6, 6.07) is 0. The summed E-state index contributed by atoms with van der Waals surface area (Å²) in [6.07, 6.45) is 0. The van der Waals surface area contributed by atoms with E-state index in [9.17, 15) is 25.9 Å². The number of rotatable bonds is 7. The second kappa shape index (κ2) is 6.18. The minimum Gasteiger partial charge on any atom is -0.748 e. The minimum absolute atomic E-state index is 0.0927. The molecule has 0 rings (SSSR count). The summed E-state index contributed by atoms with van der Waals surface area (Å²) in [5, 5.41) is 0. The van der Waals surface area contributed by atoms with Crippen LogP contribution in [-0.4, -0.2) is 49.0 Å². The largest absolute Gasteiger partial charge is 0.748 e. The number of hydrogen-bond acceptors (Lipinski definition) is 8. The molecule has 0 atom stereocenters. The Morgan fingerprint density at radius 2 is 1.07 bits per heavy atom. The fraction of sp³-hybridized carbons (Fsp3) is 1.00. The smallest absolute Gasteiger partial charge is 0.0954 e. The number of hydrogen-bond donors (Lipinski definition) is 0. The molecular formula is C4H8O6S4-2. The van der Waals surface area contributed by atoms with Crippen LogP contribution in [0.4, 0.5) is 0 Å². The highest BCUT2D eigenvalue weighted by atomic mass is 33.1. The lowest BCUT2D eigenvalue weighted by Crippen LogP contribution is -2.07. The van der Waals surface area contributed by atoms with Crippen LogP contribution in [0.15, 0.2) is 0 Å². The van der Waals surface area contributed by atoms with Gasteiger partial charge in [-0.1, -0.05) is 21.6 Å². The molecule has 0 aliphatic rings. The van der Waals surface area contributed by atoms with Gasteiger partial charge in [0.2, 0.25) is 0 Å². The molecule has 0 aromatic heterocycles. The molecule has 0 aromatic carbocycles. The molecule has 86 valence electrons. The standard InChI is InChI=1S/C4H10O6S4/c5-13(6,7)3-1-11-12-2-4-14(8,9)10/h1-4H2,(H,5,6,7)(H,8,9,10)/p-2. The second-order valence-corrected chi connectivity index (χ2v) is 7.92. The molecule has 0 heterocycles. The molecule has 0 fully saturated rings. The molecule has 0 unspecified atom stereocenters.